The number of Topliss-reactive ketones (excluding diaryl/α,β-unsaturated/α-hetero) is 1. The topological polar surface area (TPSA) is 37.3 Å². The fraction of sp³-hybridized carbons (Fsp3) is 0.500. The Bertz CT molecular complexity index is 295. The average Bonchev–Trinajstić information content (AvgIpc) is 2.24. The Kier molecular flexibility index (Phi) is 1.48. The van der Waals surface area contributed by atoms with E-state index >= 15 is 0 Å². The van der Waals surface area contributed by atoms with Crippen molar-refractivity contribution in [2.45, 2.75) is 31.8 Å². The minimum atomic E-state index is -1.13. The first-order chi connectivity index (χ1) is 5.61. The normalized spacial score (nSPS) is 34.3. The number of hydrogen-bond acceptors (Lipinski definition) is 2. The van der Waals surface area contributed by atoms with Gasteiger partial charge in [-0.25, -0.2) is 0 Å². The summed E-state index contributed by atoms with van der Waals surface area (Å²) in [5, 5.41) is 9.67. The summed E-state index contributed by atoms with van der Waals surface area (Å²) >= 11 is 0. The molecule has 0 aliphatic heterocycles. The van der Waals surface area contributed by atoms with Crippen LogP contribution in [0.5, 0.6) is 0 Å². The highest BCUT2D eigenvalue weighted by molar-refractivity contribution is 6.07. The van der Waals surface area contributed by atoms with Gasteiger partial charge >= 0.3 is 0 Å². The van der Waals surface area contributed by atoms with Crippen LogP contribution < -0.4 is 0 Å². The summed E-state index contributed by atoms with van der Waals surface area (Å²) in [7, 11) is 0. The molecule has 0 fully saturated rings. The van der Waals surface area contributed by atoms with Crippen molar-refractivity contribution in [3.05, 3.63) is 23.3 Å². The van der Waals surface area contributed by atoms with Gasteiger partial charge in [-0.15, -0.1) is 0 Å². The van der Waals surface area contributed by atoms with Gasteiger partial charge < -0.3 is 5.11 Å². The number of rotatable bonds is 0. The Hall–Kier alpha value is -0.890. The monoisotopic (exact) mass is 164 g/mol. The smallest absolute Gasteiger partial charge is 0.194 e. The van der Waals surface area contributed by atoms with Crippen LogP contribution in [0.15, 0.2) is 23.3 Å². The third-order valence-corrected chi connectivity index (χ3v) is 2.57. The lowest BCUT2D eigenvalue weighted by atomic mass is 10.00. The molecular formula is C10H12O2. The summed E-state index contributed by atoms with van der Waals surface area (Å²) in [6, 6.07) is 0. The lowest BCUT2D eigenvalue weighted by Crippen LogP contribution is -2.30. The summed E-state index contributed by atoms with van der Waals surface area (Å²) in [6.45, 7) is 1.60. The predicted molar refractivity (Wildman–Crippen MR) is 45.6 cm³/mol. The minimum Gasteiger partial charge on any atom is -0.382 e. The molecule has 0 heterocycles. The molecule has 0 aromatic heterocycles. The Morgan fingerprint density at radius 3 is 3.00 bits per heavy atom. The zero-order valence-electron chi connectivity index (χ0n) is 7.13. The Morgan fingerprint density at radius 2 is 2.33 bits per heavy atom. The first-order valence-electron chi connectivity index (χ1n) is 4.27. The Labute approximate surface area is 71.6 Å². The highest BCUT2D eigenvalue weighted by Crippen LogP contribution is 2.36. The van der Waals surface area contributed by atoms with Gasteiger partial charge in [0.25, 0.3) is 0 Å². The molecule has 2 nitrogen and oxygen atoms in total. The maximum absolute atomic E-state index is 11.5. The zero-order valence-corrected chi connectivity index (χ0v) is 7.13. The standard InChI is InChI=1S/C10H12O2/c1-10(12)6-7-4-2-3-5-8(7)9(10)11/h3,5,12H,2,4,6H2,1H3. The van der Waals surface area contributed by atoms with Crippen molar-refractivity contribution in [3.8, 4) is 0 Å². The molecule has 0 amide bonds. The number of hydrogen-bond donors (Lipinski definition) is 1. The first-order valence-corrected chi connectivity index (χ1v) is 4.27. The maximum Gasteiger partial charge on any atom is 0.194 e. The van der Waals surface area contributed by atoms with Gasteiger partial charge in [-0.1, -0.05) is 17.7 Å². The number of allylic oxidation sites excluding steroid dienone is 2. The molecule has 0 aromatic carbocycles. The molecule has 0 bridgehead atoms. The minimum absolute atomic E-state index is 0.103. The molecule has 0 saturated carbocycles. The zero-order chi connectivity index (χ0) is 8.77. The van der Waals surface area contributed by atoms with Crippen molar-refractivity contribution >= 4 is 5.78 Å². The summed E-state index contributed by atoms with van der Waals surface area (Å²) in [4.78, 5) is 11.5. The third kappa shape index (κ3) is 0.950. The van der Waals surface area contributed by atoms with E-state index in [1.54, 1.807) is 6.92 Å². The van der Waals surface area contributed by atoms with Crippen LogP contribution in [-0.4, -0.2) is 16.5 Å². The van der Waals surface area contributed by atoms with E-state index < -0.39 is 5.60 Å². The molecule has 0 saturated heterocycles. The van der Waals surface area contributed by atoms with Crippen molar-refractivity contribution in [1.82, 2.24) is 0 Å². The molecule has 0 radical (unpaired) electrons. The van der Waals surface area contributed by atoms with Gasteiger partial charge in [0.2, 0.25) is 0 Å². The van der Waals surface area contributed by atoms with E-state index in [4.69, 9.17) is 0 Å². The van der Waals surface area contributed by atoms with Gasteiger partial charge in [-0.05, 0) is 19.8 Å². The van der Waals surface area contributed by atoms with Gasteiger partial charge in [0.15, 0.2) is 5.78 Å². The second kappa shape index (κ2) is 2.30. The molecule has 2 aliphatic rings. The molecular weight excluding hydrogens is 152 g/mol. The number of aliphatic hydroxyl groups is 1. The fourth-order valence-corrected chi connectivity index (χ4v) is 1.92. The first kappa shape index (κ1) is 7.74. The second-order valence-corrected chi connectivity index (χ2v) is 3.74. The van der Waals surface area contributed by atoms with Gasteiger partial charge in [0.1, 0.15) is 5.60 Å². The van der Waals surface area contributed by atoms with Gasteiger partial charge in [-0.3, -0.25) is 4.79 Å². The molecule has 2 rings (SSSR count). The van der Waals surface area contributed by atoms with Crippen LogP contribution in [0.25, 0.3) is 0 Å². The Morgan fingerprint density at radius 1 is 1.58 bits per heavy atom. The maximum atomic E-state index is 11.5. The summed E-state index contributed by atoms with van der Waals surface area (Å²) in [5.41, 5.74) is 0.762. The van der Waals surface area contributed by atoms with Crippen molar-refractivity contribution in [2.75, 3.05) is 0 Å². The van der Waals surface area contributed by atoms with Crippen LogP contribution in [0.4, 0.5) is 0 Å². The van der Waals surface area contributed by atoms with Crippen LogP contribution in [0.2, 0.25) is 0 Å². The molecule has 2 heteroatoms. The largest absolute Gasteiger partial charge is 0.382 e. The van der Waals surface area contributed by atoms with E-state index in [9.17, 15) is 9.90 Å². The van der Waals surface area contributed by atoms with Crippen LogP contribution in [0.3, 0.4) is 0 Å². The third-order valence-electron chi connectivity index (χ3n) is 2.57. The molecule has 0 spiro atoms. The quantitative estimate of drug-likeness (QED) is 0.587. The van der Waals surface area contributed by atoms with E-state index in [0.717, 1.165) is 24.0 Å². The number of carbonyl (C=O) groups excluding carboxylic acids is 1. The molecule has 1 atom stereocenters. The number of carbonyl (C=O) groups is 1. The molecule has 1 unspecified atom stereocenters. The number of ketones is 1. The summed E-state index contributed by atoms with van der Waals surface area (Å²) in [6.07, 6.45) is 6.32. The molecule has 64 valence electrons. The van der Waals surface area contributed by atoms with E-state index in [0.29, 0.717) is 6.42 Å². The van der Waals surface area contributed by atoms with Gasteiger partial charge in [0, 0.05) is 12.0 Å². The van der Waals surface area contributed by atoms with E-state index in [-0.39, 0.29) is 5.78 Å². The van der Waals surface area contributed by atoms with Crippen LogP contribution >= 0.6 is 0 Å². The second-order valence-electron chi connectivity index (χ2n) is 3.74. The van der Waals surface area contributed by atoms with Gasteiger partial charge in [0.05, 0.1) is 0 Å². The summed E-state index contributed by atoms with van der Waals surface area (Å²) in [5.74, 6) is -0.103. The van der Waals surface area contributed by atoms with Crippen molar-refractivity contribution in [1.29, 1.82) is 0 Å². The van der Waals surface area contributed by atoms with E-state index in [1.165, 1.54) is 0 Å². The predicted octanol–water partition coefficient (Wildman–Crippen LogP) is 1.36. The van der Waals surface area contributed by atoms with E-state index in [1.807, 2.05) is 12.2 Å². The molecule has 0 aromatic rings. The van der Waals surface area contributed by atoms with Crippen molar-refractivity contribution in [2.24, 2.45) is 0 Å². The van der Waals surface area contributed by atoms with Gasteiger partial charge in [-0.2, -0.15) is 0 Å². The Balaban J connectivity index is 2.39. The van der Waals surface area contributed by atoms with Crippen LogP contribution in [0.1, 0.15) is 26.2 Å². The lowest BCUT2D eigenvalue weighted by molar-refractivity contribution is -0.129. The highest BCUT2D eigenvalue weighted by Gasteiger charge is 2.40. The van der Waals surface area contributed by atoms with Crippen molar-refractivity contribution in [3.63, 3.8) is 0 Å². The lowest BCUT2D eigenvalue weighted by Gasteiger charge is -2.13. The molecule has 2 aliphatic carbocycles. The average molecular weight is 164 g/mol. The fourth-order valence-electron chi connectivity index (χ4n) is 1.92. The highest BCUT2D eigenvalue weighted by atomic mass is 16.3. The summed E-state index contributed by atoms with van der Waals surface area (Å²) < 4.78 is 0. The van der Waals surface area contributed by atoms with E-state index in [2.05, 4.69) is 0 Å². The van der Waals surface area contributed by atoms with Crippen LogP contribution in [0, 0.1) is 0 Å². The SMILES string of the molecule is CC1(O)CC2=C(C=CCC2)C1=O. The molecule has 12 heavy (non-hydrogen) atoms. The molecule has 1 N–H and O–H groups in total. The van der Waals surface area contributed by atoms with Crippen molar-refractivity contribution < 1.29 is 9.90 Å². The van der Waals surface area contributed by atoms with Crippen LogP contribution in [-0.2, 0) is 4.79 Å².